The Morgan fingerprint density at radius 2 is 1.86 bits per heavy atom. The van der Waals surface area contributed by atoms with Crippen LogP contribution in [0.2, 0.25) is 0 Å². The maximum Gasteiger partial charge on any atom is 0.285 e. The number of amides is 1. The van der Waals surface area contributed by atoms with Crippen molar-refractivity contribution in [1.82, 2.24) is 0 Å². The summed E-state index contributed by atoms with van der Waals surface area (Å²) in [5.74, 6) is -1.19. The van der Waals surface area contributed by atoms with Gasteiger partial charge in [-0.2, -0.15) is 0 Å². The van der Waals surface area contributed by atoms with Crippen LogP contribution in [0.4, 0.5) is 15.8 Å². The Morgan fingerprint density at radius 1 is 1.14 bits per heavy atom. The number of halogens is 3. The van der Waals surface area contributed by atoms with E-state index in [4.69, 9.17) is 0 Å². The number of carbonyl (C=O) groups excluding carboxylic acids is 1. The van der Waals surface area contributed by atoms with Crippen LogP contribution in [0.3, 0.4) is 0 Å². The highest BCUT2D eigenvalue weighted by atomic mass is 127. The van der Waals surface area contributed by atoms with E-state index in [0.29, 0.717) is 20.0 Å². The van der Waals surface area contributed by atoms with E-state index in [1.165, 1.54) is 24.3 Å². The van der Waals surface area contributed by atoms with Gasteiger partial charge in [0.25, 0.3) is 11.6 Å². The summed E-state index contributed by atoms with van der Waals surface area (Å²) < 4.78 is 14.7. The van der Waals surface area contributed by atoms with E-state index < -0.39 is 16.6 Å². The SMILES string of the molecule is O=C(Nc1cc(F)ccc1I)c1cc(Br)cc(Cc2ccccc2)c1[N+](=O)[O-]. The minimum atomic E-state index is -0.675. The minimum absolute atomic E-state index is 0.0923. The van der Waals surface area contributed by atoms with Crippen molar-refractivity contribution in [1.29, 1.82) is 0 Å². The summed E-state index contributed by atoms with van der Waals surface area (Å²) in [5.41, 5.74) is 1.19. The first-order chi connectivity index (χ1) is 13.3. The molecule has 1 amide bonds. The molecular formula is C20H13BrFIN2O3. The molecule has 142 valence electrons. The molecule has 0 aliphatic heterocycles. The van der Waals surface area contributed by atoms with E-state index in [9.17, 15) is 19.3 Å². The molecule has 0 unspecified atom stereocenters. The second-order valence-electron chi connectivity index (χ2n) is 5.96. The van der Waals surface area contributed by atoms with Crippen molar-refractivity contribution in [2.75, 3.05) is 5.32 Å². The molecule has 8 heteroatoms. The van der Waals surface area contributed by atoms with Gasteiger partial charge >= 0.3 is 0 Å². The van der Waals surface area contributed by atoms with Crippen molar-refractivity contribution in [3.05, 3.63) is 101 Å². The van der Waals surface area contributed by atoms with Crippen LogP contribution in [0, 0.1) is 19.5 Å². The quantitative estimate of drug-likeness (QED) is 0.241. The Kier molecular flexibility index (Phi) is 6.40. The molecule has 0 bridgehead atoms. The average molecular weight is 555 g/mol. The Labute approximate surface area is 182 Å². The summed E-state index contributed by atoms with van der Waals surface area (Å²) in [6, 6.07) is 16.3. The maximum atomic E-state index is 13.5. The van der Waals surface area contributed by atoms with Gasteiger partial charge in [0.1, 0.15) is 11.4 Å². The topological polar surface area (TPSA) is 72.2 Å². The summed E-state index contributed by atoms with van der Waals surface area (Å²) in [6.45, 7) is 0. The van der Waals surface area contributed by atoms with E-state index in [0.717, 1.165) is 5.56 Å². The number of hydrogen-bond donors (Lipinski definition) is 1. The van der Waals surface area contributed by atoms with Gasteiger partial charge in [-0.15, -0.1) is 0 Å². The number of nitro groups is 1. The van der Waals surface area contributed by atoms with E-state index in [2.05, 4.69) is 21.2 Å². The van der Waals surface area contributed by atoms with Crippen molar-refractivity contribution in [2.45, 2.75) is 6.42 Å². The minimum Gasteiger partial charge on any atom is -0.321 e. The van der Waals surface area contributed by atoms with Gasteiger partial charge in [-0.05, 0) is 58.5 Å². The first kappa shape index (κ1) is 20.4. The summed E-state index contributed by atoms with van der Waals surface area (Å²) in [5, 5.41) is 14.3. The molecule has 3 rings (SSSR count). The first-order valence-electron chi connectivity index (χ1n) is 8.12. The maximum absolute atomic E-state index is 13.5. The highest BCUT2D eigenvalue weighted by Gasteiger charge is 2.26. The lowest BCUT2D eigenvalue weighted by Crippen LogP contribution is -2.16. The second kappa shape index (κ2) is 8.78. The molecule has 0 radical (unpaired) electrons. The molecule has 0 spiro atoms. The third-order valence-corrected chi connectivity index (χ3v) is 5.39. The number of nitrogens with one attached hydrogen (secondary N) is 1. The predicted octanol–water partition coefficient (Wildman–Crippen LogP) is 5.94. The highest BCUT2D eigenvalue weighted by Crippen LogP contribution is 2.31. The first-order valence-corrected chi connectivity index (χ1v) is 9.99. The van der Waals surface area contributed by atoms with Gasteiger partial charge in [0.15, 0.2) is 0 Å². The van der Waals surface area contributed by atoms with E-state index >= 15 is 0 Å². The van der Waals surface area contributed by atoms with Gasteiger partial charge in [0.05, 0.1) is 10.6 Å². The fourth-order valence-electron chi connectivity index (χ4n) is 2.78. The van der Waals surface area contributed by atoms with Crippen LogP contribution in [0.25, 0.3) is 0 Å². The van der Waals surface area contributed by atoms with Gasteiger partial charge < -0.3 is 5.32 Å². The zero-order valence-electron chi connectivity index (χ0n) is 14.3. The largest absolute Gasteiger partial charge is 0.321 e. The van der Waals surface area contributed by atoms with Crippen LogP contribution in [0.1, 0.15) is 21.5 Å². The summed E-state index contributed by atoms with van der Waals surface area (Å²) in [4.78, 5) is 24.0. The van der Waals surface area contributed by atoms with Crippen LogP contribution in [-0.4, -0.2) is 10.8 Å². The van der Waals surface area contributed by atoms with Crippen molar-refractivity contribution in [3.8, 4) is 0 Å². The standard InChI is InChI=1S/C20H13BrFIN2O3/c21-14-9-13(8-12-4-2-1-3-5-12)19(25(27)28)16(10-14)20(26)24-18-11-15(22)6-7-17(18)23/h1-7,9-11H,8H2,(H,24,26). The molecule has 0 aromatic heterocycles. The summed E-state index contributed by atoms with van der Waals surface area (Å²) in [7, 11) is 0. The van der Waals surface area contributed by atoms with E-state index in [1.807, 2.05) is 52.9 Å². The van der Waals surface area contributed by atoms with Crippen LogP contribution in [-0.2, 0) is 6.42 Å². The van der Waals surface area contributed by atoms with Crippen molar-refractivity contribution in [2.24, 2.45) is 0 Å². The number of nitrogens with zero attached hydrogens (tertiary/aromatic N) is 1. The van der Waals surface area contributed by atoms with Crippen molar-refractivity contribution >= 4 is 55.8 Å². The number of carbonyl (C=O) groups is 1. The molecule has 0 atom stereocenters. The fraction of sp³-hybridized carbons (Fsp3) is 0.0500. The Balaban J connectivity index is 2.03. The van der Waals surface area contributed by atoms with E-state index in [-0.39, 0.29) is 16.9 Å². The van der Waals surface area contributed by atoms with Crippen LogP contribution in [0.15, 0.2) is 65.1 Å². The lowest BCUT2D eigenvalue weighted by molar-refractivity contribution is -0.385. The summed E-state index contributed by atoms with van der Waals surface area (Å²) in [6.07, 6.45) is 0.300. The number of anilines is 1. The number of rotatable bonds is 5. The molecular weight excluding hydrogens is 542 g/mol. The smallest absolute Gasteiger partial charge is 0.285 e. The zero-order chi connectivity index (χ0) is 20.3. The highest BCUT2D eigenvalue weighted by molar-refractivity contribution is 14.1. The number of hydrogen-bond acceptors (Lipinski definition) is 3. The molecule has 3 aromatic carbocycles. The molecule has 3 aromatic rings. The third kappa shape index (κ3) is 4.74. The Bertz CT molecular complexity index is 1060. The number of nitro benzene ring substituents is 1. The van der Waals surface area contributed by atoms with Crippen LogP contribution < -0.4 is 5.32 Å². The zero-order valence-corrected chi connectivity index (χ0v) is 18.0. The van der Waals surface area contributed by atoms with Crippen LogP contribution >= 0.6 is 38.5 Å². The van der Waals surface area contributed by atoms with Gasteiger partial charge in [0, 0.05) is 20.0 Å². The molecule has 28 heavy (non-hydrogen) atoms. The molecule has 0 fully saturated rings. The molecule has 0 saturated carbocycles. The van der Waals surface area contributed by atoms with Crippen LogP contribution in [0.5, 0.6) is 0 Å². The van der Waals surface area contributed by atoms with Crippen molar-refractivity contribution < 1.29 is 14.1 Å². The molecule has 1 N–H and O–H groups in total. The van der Waals surface area contributed by atoms with Crippen molar-refractivity contribution in [3.63, 3.8) is 0 Å². The average Bonchev–Trinajstić information content (AvgIpc) is 2.64. The number of benzene rings is 3. The Morgan fingerprint density at radius 3 is 2.54 bits per heavy atom. The molecule has 0 heterocycles. The fourth-order valence-corrected chi connectivity index (χ4v) is 3.75. The van der Waals surface area contributed by atoms with Gasteiger partial charge in [-0.1, -0.05) is 46.3 Å². The molecule has 0 aliphatic rings. The van der Waals surface area contributed by atoms with Gasteiger partial charge in [-0.25, -0.2) is 4.39 Å². The molecule has 0 aliphatic carbocycles. The monoisotopic (exact) mass is 554 g/mol. The summed E-state index contributed by atoms with van der Waals surface area (Å²) >= 11 is 5.28. The lowest BCUT2D eigenvalue weighted by Gasteiger charge is -2.11. The normalized spacial score (nSPS) is 10.5. The molecule has 5 nitrogen and oxygen atoms in total. The lowest BCUT2D eigenvalue weighted by atomic mass is 9.99. The van der Waals surface area contributed by atoms with Gasteiger partial charge in [-0.3, -0.25) is 14.9 Å². The third-order valence-electron chi connectivity index (χ3n) is 3.99. The van der Waals surface area contributed by atoms with Gasteiger partial charge in [0.2, 0.25) is 0 Å². The Hall–Kier alpha value is -2.33. The second-order valence-corrected chi connectivity index (χ2v) is 8.04. The predicted molar refractivity (Wildman–Crippen MR) is 117 cm³/mol. The molecule has 0 saturated heterocycles. The van der Waals surface area contributed by atoms with E-state index in [1.54, 1.807) is 6.07 Å².